The second-order valence-electron chi connectivity index (χ2n) is 4.55. The molecule has 2 aromatic rings. The number of hydrogen-bond acceptors (Lipinski definition) is 3. The van der Waals surface area contributed by atoms with Gasteiger partial charge in [-0.2, -0.15) is 0 Å². The van der Waals surface area contributed by atoms with Gasteiger partial charge in [-0.1, -0.05) is 28.8 Å². The molecule has 94 valence electrons. The van der Waals surface area contributed by atoms with Crippen LogP contribution in [0.1, 0.15) is 37.5 Å². The highest BCUT2D eigenvalue weighted by Crippen LogP contribution is 2.36. The van der Waals surface area contributed by atoms with Crippen molar-refractivity contribution in [3.63, 3.8) is 0 Å². The first-order valence-corrected chi connectivity index (χ1v) is 7.61. The molecule has 0 spiro atoms. The lowest BCUT2D eigenvalue weighted by Crippen LogP contribution is -1.91. The number of nitrogens with zero attached hydrogens (tertiary/aromatic N) is 2. The Hall–Kier alpha value is -0.680. The molecule has 1 fully saturated rings. The smallest absolute Gasteiger partial charge is 0.248 e. The van der Waals surface area contributed by atoms with Crippen LogP contribution in [0.3, 0.4) is 0 Å². The van der Waals surface area contributed by atoms with Crippen LogP contribution in [0.2, 0.25) is 0 Å². The summed E-state index contributed by atoms with van der Waals surface area (Å²) in [5.41, 5.74) is 0.940. The average molecular weight is 372 g/mol. The SMILES string of the molecule is Brc1ccc(-c2nnc(C3CCCC3)o2)c(Br)c1. The van der Waals surface area contributed by atoms with Crippen LogP contribution in [-0.2, 0) is 0 Å². The molecule has 1 aromatic heterocycles. The van der Waals surface area contributed by atoms with E-state index in [1.54, 1.807) is 0 Å². The molecular formula is C13H12Br2N2O. The fraction of sp³-hybridized carbons (Fsp3) is 0.385. The Balaban J connectivity index is 1.92. The lowest BCUT2D eigenvalue weighted by atomic mass is 10.1. The van der Waals surface area contributed by atoms with Crippen LogP contribution in [0, 0.1) is 0 Å². The highest BCUT2D eigenvalue weighted by atomic mass is 79.9. The molecule has 3 nitrogen and oxygen atoms in total. The van der Waals surface area contributed by atoms with Gasteiger partial charge in [0.15, 0.2) is 0 Å². The summed E-state index contributed by atoms with van der Waals surface area (Å²) in [4.78, 5) is 0. The molecule has 0 unspecified atom stereocenters. The molecule has 0 amide bonds. The molecule has 0 radical (unpaired) electrons. The van der Waals surface area contributed by atoms with Gasteiger partial charge in [0.25, 0.3) is 0 Å². The van der Waals surface area contributed by atoms with Gasteiger partial charge in [0.2, 0.25) is 11.8 Å². The van der Waals surface area contributed by atoms with Gasteiger partial charge in [-0.05, 0) is 47.0 Å². The van der Waals surface area contributed by atoms with Crippen LogP contribution in [0.15, 0.2) is 31.6 Å². The van der Waals surface area contributed by atoms with Gasteiger partial charge in [0, 0.05) is 14.9 Å². The van der Waals surface area contributed by atoms with Gasteiger partial charge >= 0.3 is 0 Å². The summed E-state index contributed by atoms with van der Waals surface area (Å²) < 4.78 is 7.79. The average Bonchev–Trinajstić information content (AvgIpc) is 2.99. The molecule has 0 bridgehead atoms. The van der Waals surface area contributed by atoms with Crippen molar-refractivity contribution in [3.8, 4) is 11.5 Å². The van der Waals surface area contributed by atoms with Crippen LogP contribution < -0.4 is 0 Å². The van der Waals surface area contributed by atoms with E-state index < -0.39 is 0 Å². The van der Waals surface area contributed by atoms with Crippen molar-refractivity contribution in [1.82, 2.24) is 10.2 Å². The number of aromatic nitrogens is 2. The first kappa shape index (κ1) is 12.4. The van der Waals surface area contributed by atoms with Gasteiger partial charge < -0.3 is 4.42 Å². The van der Waals surface area contributed by atoms with Gasteiger partial charge in [-0.3, -0.25) is 0 Å². The predicted octanol–water partition coefficient (Wildman–Crippen LogP) is 4.92. The second kappa shape index (κ2) is 5.13. The first-order valence-electron chi connectivity index (χ1n) is 6.03. The minimum Gasteiger partial charge on any atom is -0.420 e. The van der Waals surface area contributed by atoms with E-state index in [0.717, 1.165) is 20.4 Å². The van der Waals surface area contributed by atoms with Gasteiger partial charge in [0.1, 0.15) is 0 Å². The molecule has 1 aliphatic carbocycles. The highest BCUT2D eigenvalue weighted by Gasteiger charge is 2.23. The summed E-state index contributed by atoms with van der Waals surface area (Å²) in [7, 11) is 0. The van der Waals surface area contributed by atoms with Crippen molar-refractivity contribution >= 4 is 31.9 Å². The number of halogens is 2. The Bertz CT molecular complexity index is 562. The fourth-order valence-electron chi connectivity index (χ4n) is 2.34. The molecule has 3 rings (SSSR count). The first-order chi connectivity index (χ1) is 8.74. The van der Waals surface area contributed by atoms with Crippen LogP contribution >= 0.6 is 31.9 Å². The maximum atomic E-state index is 5.81. The number of benzene rings is 1. The third-order valence-corrected chi connectivity index (χ3v) is 4.46. The normalized spacial score (nSPS) is 16.3. The van der Waals surface area contributed by atoms with Crippen molar-refractivity contribution in [2.45, 2.75) is 31.6 Å². The monoisotopic (exact) mass is 370 g/mol. The maximum Gasteiger partial charge on any atom is 0.248 e. The third-order valence-electron chi connectivity index (χ3n) is 3.31. The lowest BCUT2D eigenvalue weighted by Gasteiger charge is -2.02. The molecule has 5 heteroatoms. The molecule has 18 heavy (non-hydrogen) atoms. The van der Waals surface area contributed by atoms with E-state index in [0.29, 0.717) is 11.8 Å². The summed E-state index contributed by atoms with van der Waals surface area (Å²) in [6.07, 6.45) is 4.88. The van der Waals surface area contributed by atoms with Crippen molar-refractivity contribution < 1.29 is 4.42 Å². The third kappa shape index (κ3) is 2.38. The standard InChI is InChI=1S/C13H12Br2N2O/c14-9-5-6-10(11(15)7-9)13-17-16-12(18-13)8-3-1-2-4-8/h5-8H,1-4H2. The summed E-state index contributed by atoms with van der Waals surface area (Å²) in [6, 6.07) is 5.93. The van der Waals surface area contributed by atoms with Crippen molar-refractivity contribution in [3.05, 3.63) is 33.0 Å². The maximum absolute atomic E-state index is 5.81. The molecule has 1 saturated carbocycles. The summed E-state index contributed by atoms with van der Waals surface area (Å²) in [5.74, 6) is 1.84. The predicted molar refractivity (Wildman–Crippen MR) is 76.3 cm³/mol. The Morgan fingerprint density at radius 2 is 1.89 bits per heavy atom. The van der Waals surface area contributed by atoms with Gasteiger partial charge in [-0.25, -0.2) is 0 Å². The Morgan fingerprint density at radius 1 is 1.11 bits per heavy atom. The highest BCUT2D eigenvalue weighted by molar-refractivity contribution is 9.11. The van der Waals surface area contributed by atoms with Gasteiger partial charge in [0.05, 0.1) is 5.56 Å². The minimum atomic E-state index is 0.459. The number of rotatable bonds is 2. The summed E-state index contributed by atoms with van der Waals surface area (Å²) in [5, 5.41) is 8.35. The van der Waals surface area contributed by atoms with Crippen LogP contribution in [0.4, 0.5) is 0 Å². The van der Waals surface area contributed by atoms with E-state index in [1.807, 2.05) is 18.2 Å². The quantitative estimate of drug-likeness (QED) is 0.752. The molecule has 1 aliphatic rings. The molecule has 0 saturated heterocycles. The summed E-state index contributed by atoms with van der Waals surface area (Å²) >= 11 is 6.95. The fourth-order valence-corrected chi connectivity index (χ4v) is 3.56. The van der Waals surface area contributed by atoms with Gasteiger partial charge in [-0.15, -0.1) is 10.2 Å². The molecule has 1 heterocycles. The Morgan fingerprint density at radius 3 is 2.61 bits per heavy atom. The summed E-state index contributed by atoms with van der Waals surface area (Å²) in [6.45, 7) is 0. The molecule has 0 atom stereocenters. The molecule has 0 N–H and O–H groups in total. The molecular weight excluding hydrogens is 360 g/mol. The number of hydrogen-bond donors (Lipinski definition) is 0. The zero-order valence-electron chi connectivity index (χ0n) is 9.70. The van der Waals surface area contributed by atoms with E-state index in [-0.39, 0.29) is 0 Å². The lowest BCUT2D eigenvalue weighted by molar-refractivity contribution is 0.457. The van der Waals surface area contributed by atoms with Crippen LogP contribution in [0.25, 0.3) is 11.5 Å². The molecule has 0 aliphatic heterocycles. The molecule has 1 aromatic carbocycles. The zero-order valence-corrected chi connectivity index (χ0v) is 12.9. The minimum absolute atomic E-state index is 0.459. The Labute approximate surface area is 122 Å². The zero-order chi connectivity index (χ0) is 12.5. The topological polar surface area (TPSA) is 38.9 Å². The van der Waals surface area contributed by atoms with E-state index in [4.69, 9.17) is 4.42 Å². The van der Waals surface area contributed by atoms with E-state index in [2.05, 4.69) is 42.1 Å². The van der Waals surface area contributed by atoms with Crippen molar-refractivity contribution in [2.75, 3.05) is 0 Å². The Kier molecular flexibility index (Phi) is 3.52. The van der Waals surface area contributed by atoms with E-state index in [1.165, 1.54) is 25.7 Å². The van der Waals surface area contributed by atoms with Crippen molar-refractivity contribution in [2.24, 2.45) is 0 Å². The second-order valence-corrected chi connectivity index (χ2v) is 6.32. The van der Waals surface area contributed by atoms with Crippen LogP contribution in [0.5, 0.6) is 0 Å². The van der Waals surface area contributed by atoms with Crippen LogP contribution in [-0.4, -0.2) is 10.2 Å². The largest absolute Gasteiger partial charge is 0.420 e. The van der Waals surface area contributed by atoms with Crippen molar-refractivity contribution in [1.29, 1.82) is 0 Å². The van der Waals surface area contributed by atoms with E-state index in [9.17, 15) is 0 Å². The van der Waals surface area contributed by atoms with E-state index >= 15 is 0 Å².